The van der Waals surface area contributed by atoms with E-state index in [9.17, 15) is 5.11 Å². The molecule has 0 bridgehead atoms. The highest BCUT2D eigenvalue weighted by molar-refractivity contribution is 5.27. The second kappa shape index (κ2) is 4.30. The van der Waals surface area contributed by atoms with Gasteiger partial charge in [0.05, 0.1) is 6.10 Å². The maximum Gasteiger partial charge on any atom is 0.151 e. The minimum Gasteiger partial charge on any atom is -0.372 e. The molecule has 0 aromatic heterocycles. The molecule has 3 nitrogen and oxygen atoms in total. The standard InChI is InChI=1S/C17H23NO2/c1-3-11(2)6-4-5-7-14-12-10-13(12)17(19)16-15(20-16)8-9-18(14)17/h3-7,12-16,19H,8-10H2,1-2H3/b6-4+,7-5+,11-3+/t12-,13+,14+,15-,16-,17?/m1/s1. The lowest BCUT2D eigenvalue weighted by atomic mass is 9.95. The van der Waals surface area contributed by atoms with Crippen molar-refractivity contribution < 1.29 is 9.84 Å². The third kappa shape index (κ3) is 1.70. The first-order valence-corrected chi connectivity index (χ1v) is 7.78. The topological polar surface area (TPSA) is 36.0 Å². The summed E-state index contributed by atoms with van der Waals surface area (Å²) >= 11 is 0. The van der Waals surface area contributed by atoms with Crippen molar-refractivity contribution in [2.24, 2.45) is 11.8 Å². The number of piperidine rings is 2. The first-order chi connectivity index (χ1) is 9.66. The van der Waals surface area contributed by atoms with Crippen LogP contribution in [-0.4, -0.2) is 40.5 Å². The van der Waals surface area contributed by atoms with Crippen LogP contribution in [0.3, 0.4) is 0 Å². The molecule has 0 aromatic rings. The van der Waals surface area contributed by atoms with E-state index in [1.807, 2.05) is 0 Å². The van der Waals surface area contributed by atoms with Gasteiger partial charge in [0, 0.05) is 18.5 Å². The van der Waals surface area contributed by atoms with Crippen LogP contribution in [0.25, 0.3) is 0 Å². The first-order valence-electron chi connectivity index (χ1n) is 7.78. The fourth-order valence-electron chi connectivity index (χ4n) is 4.20. The molecule has 6 atom stereocenters. The van der Waals surface area contributed by atoms with Gasteiger partial charge in [0.2, 0.25) is 0 Å². The molecule has 4 aliphatic rings. The second-order valence-electron chi connectivity index (χ2n) is 6.63. The van der Waals surface area contributed by atoms with Crippen molar-refractivity contribution >= 4 is 0 Å². The minimum absolute atomic E-state index is 0.0884. The molecule has 3 heterocycles. The number of allylic oxidation sites excluding steroid dienone is 5. The molecule has 3 heteroatoms. The number of aliphatic hydroxyl groups is 1. The summed E-state index contributed by atoms with van der Waals surface area (Å²) in [7, 11) is 0. The van der Waals surface area contributed by atoms with Gasteiger partial charge in [-0.3, -0.25) is 4.90 Å². The van der Waals surface area contributed by atoms with E-state index in [0.717, 1.165) is 19.4 Å². The van der Waals surface area contributed by atoms with Crippen molar-refractivity contribution in [3.05, 3.63) is 36.0 Å². The van der Waals surface area contributed by atoms with Crippen LogP contribution < -0.4 is 0 Å². The van der Waals surface area contributed by atoms with Gasteiger partial charge < -0.3 is 9.84 Å². The Kier molecular flexibility index (Phi) is 2.75. The normalized spacial score (nSPS) is 50.4. The van der Waals surface area contributed by atoms with Crippen LogP contribution >= 0.6 is 0 Å². The Morgan fingerprint density at radius 1 is 1.40 bits per heavy atom. The second-order valence-corrected chi connectivity index (χ2v) is 6.63. The van der Waals surface area contributed by atoms with E-state index < -0.39 is 5.72 Å². The number of fused-ring (bicyclic) bond motifs is 5. The van der Waals surface area contributed by atoms with E-state index in [1.165, 1.54) is 5.57 Å². The molecule has 0 amide bonds. The van der Waals surface area contributed by atoms with Crippen molar-refractivity contribution in [1.82, 2.24) is 4.90 Å². The summed E-state index contributed by atoms with van der Waals surface area (Å²) in [4.78, 5) is 2.30. The average Bonchev–Trinajstić information content (AvgIpc) is 3.32. The van der Waals surface area contributed by atoms with Crippen molar-refractivity contribution in [2.45, 2.75) is 50.7 Å². The molecule has 4 fully saturated rings. The molecule has 4 rings (SSSR count). The lowest BCUT2D eigenvalue weighted by Gasteiger charge is -2.40. The number of hydrogen-bond donors (Lipinski definition) is 1. The maximum absolute atomic E-state index is 11.0. The van der Waals surface area contributed by atoms with Gasteiger partial charge in [-0.2, -0.15) is 0 Å². The summed E-state index contributed by atoms with van der Waals surface area (Å²) in [5, 5.41) is 11.0. The molecule has 0 aromatic carbocycles. The highest BCUT2D eigenvalue weighted by Gasteiger charge is 2.75. The third-order valence-electron chi connectivity index (χ3n) is 5.53. The largest absolute Gasteiger partial charge is 0.372 e. The monoisotopic (exact) mass is 273 g/mol. The van der Waals surface area contributed by atoms with Gasteiger partial charge in [0.15, 0.2) is 5.72 Å². The highest BCUT2D eigenvalue weighted by atomic mass is 16.6. The zero-order valence-corrected chi connectivity index (χ0v) is 12.2. The molecule has 20 heavy (non-hydrogen) atoms. The number of hydrogen-bond acceptors (Lipinski definition) is 3. The van der Waals surface area contributed by atoms with E-state index in [0.29, 0.717) is 24.0 Å². The van der Waals surface area contributed by atoms with Gasteiger partial charge in [-0.1, -0.05) is 36.0 Å². The fraction of sp³-hybridized carbons (Fsp3) is 0.647. The van der Waals surface area contributed by atoms with Crippen LogP contribution in [0.4, 0.5) is 0 Å². The number of epoxide rings is 1. The van der Waals surface area contributed by atoms with Crippen LogP contribution in [-0.2, 0) is 4.74 Å². The summed E-state index contributed by atoms with van der Waals surface area (Å²) < 4.78 is 5.67. The Morgan fingerprint density at radius 2 is 2.25 bits per heavy atom. The highest BCUT2D eigenvalue weighted by Crippen LogP contribution is 2.64. The molecule has 3 aliphatic heterocycles. The van der Waals surface area contributed by atoms with Crippen LogP contribution in [0.5, 0.6) is 0 Å². The predicted octanol–water partition coefficient (Wildman–Crippen LogP) is 2.25. The number of ether oxygens (including phenoxy) is 1. The summed E-state index contributed by atoms with van der Waals surface area (Å²) in [5.74, 6) is 1.07. The maximum atomic E-state index is 11.0. The lowest BCUT2D eigenvalue weighted by Crippen LogP contribution is -2.57. The zero-order valence-electron chi connectivity index (χ0n) is 12.2. The fourth-order valence-corrected chi connectivity index (χ4v) is 4.20. The Hall–Kier alpha value is -0.900. The molecule has 0 radical (unpaired) electrons. The van der Waals surface area contributed by atoms with Crippen molar-refractivity contribution in [3.63, 3.8) is 0 Å². The van der Waals surface area contributed by atoms with E-state index in [-0.39, 0.29) is 6.10 Å². The SMILES string of the molecule is C/C=C(C)/C=C/C=C/[C@H]1[C@@H]2C[C@@H]2C2(O)[C@@H]3O[C@@H]3CCN12. The van der Waals surface area contributed by atoms with Crippen molar-refractivity contribution in [2.75, 3.05) is 6.54 Å². The van der Waals surface area contributed by atoms with Crippen LogP contribution in [0.1, 0.15) is 26.7 Å². The van der Waals surface area contributed by atoms with E-state index >= 15 is 0 Å². The Morgan fingerprint density at radius 3 is 3.05 bits per heavy atom. The van der Waals surface area contributed by atoms with E-state index in [1.54, 1.807) is 0 Å². The summed E-state index contributed by atoms with van der Waals surface area (Å²) in [6.07, 6.45) is 13.4. The van der Waals surface area contributed by atoms with Crippen LogP contribution in [0, 0.1) is 11.8 Å². The van der Waals surface area contributed by atoms with Gasteiger partial charge in [-0.25, -0.2) is 0 Å². The van der Waals surface area contributed by atoms with E-state index in [2.05, 4.69) is 49.1 Å². The number of rotatable bonds is 3. The average molecular weight is 273 g/mol. The Balaban J connectivity index is 1.50. The molecular weight excluding hydrogens is 250 g/mol. The quantitative estimate of drug-likeness (QED) is 0.633. The van der Waals surface area contributed by atoms with Gasteiger partial charge >= 0.3 is 0 Å². The molecule has 1 saturated carbocycles. The third-order valence-corrected chi connectivity index (χ3v) is 5.53. The smallest absolute Gasteiger partial charge is 0.151 e. The molecule has 108 valence electrons. The number of nitrogens with zero attached hydrogens (tertiary/aromatic N) is 1. The zero-order chi connectivity index (χ0) is 13.9. The Labute approximate surface area is 120 Å². The molecule has 0 spiro atoms. The van der Waals surface area contributed by atoms with Crippen LogP contribution in [0.15, 0.2) is 36.0 Å². The van der Waals surface area contributed by atoms with Gasteiger partial charge in [-0.05, 0) is 32.6 Å². The molecule has 1 unspecified atom stereocenters. The molecule has 3 saturated heterocycles. The summed E-state index contributed by atoms with van der Waals surface area (Å²) in [5.41, 5.74) is 0.611. The van der Waals surface area contributed by atoms with Gasteiger partial charge in [0.25, 0.3) is 0 Å². The predicted molar refractivity (Wildman–Crippen MR) is 78.0 cm³/mol. The summed E-state index contributed by atoms with van der Waals surface area (Å²) in [6.45, 7) is 5.12. The molecule has 1 N–H and O–H groups in total. The van der Waals surface area contributed by atoms with E-state index in [4.69, 9.17) is 4.74 Å². The molecule has 1 aliphatic carbocycles. The Bertz CT molecular complexity index is 509. The van der Waals surface area contributed by atoms with Gasteiger partial charge in [0.1, 0.15) is 6.10 Å². The first kappa shape index (κ1) is 12.8. The van der Waals surface area contributed by atoms with Gasteiger partial charge in [-0.15, -0.1) is 0 Å². The minimum atomic E-state index is -0.661. The van der Waals surface area contributed by atoms with Crippen molar-refractivity contribution in [3.8, 4) is 0 Å². The van der Waals surface area contributed by atoms with Crippen molar-refractivity contribution in [1.29, 1.82) is 0 Å². The van der Waals surface area contributed by atoms with Crippen LogP contribution in [0.2, 0.25) is 0 Å². The lowest BCUT2D eigenvalue weighted by molar-refractivity contribution is -0.133. The molecular formula is C17H23NO2. The summed E-state index contributed by atoms with van der Waals surface area (Å²) in [6, 6.07) is 0.394.